The maximum Gasteiger partial charge on any atom is 0.227 e. The van der Waals surface area contributed by atoms with Crippen LogP contribution in [0.25, 0.3) is 10.8 Å². The lowest BCUT2D eigenvalue weighted by atomic mass is 9.81. The molecule has 36 heavy (non-hydrogen) atoms. The first-order chi connectivity index (χ1) is 17.0. The summed E-state index contributed by atoms with van der Waals surface area (Å²) < 4.78 is 15.1. The molecule has 2 aliphatic heterocycles. The molecule has 3 aromatic heterocycles. The van der Waals surface area contributed by atoms with Crippen molar-refractivity contribution < 1.29 is 14.6 Å². The summed E-state index contributed by atoms with van der Waals surface area (Å²) in [6.07, 6.45) is 5.28. The molecule has 5 heterocycles. The Morgan fingerprint density at radius 1 is 1.14 bits per heavy atom. The molecule has 2 aliphatic rings. The number of nitrogens with one attached hydrogen (secondary N) is 1. The van der Waals surface area contributed by atoms with Crippen LogP contribution < -0.4 is 15.1 Å². The molecular formula is C26H34FN7O2. The Hall–Kier alpha value is -3.11. The third kappa shape index (κ3) is 4.22. The van der Waals surface area contributed by atoms with Crippen molar-refractivity contribution >= 4 is 34.2 Å². The maximum atomic E-state index is 15.1. The van der Waals surface area contributed by atoms with Gasteiger partial charge >= 0.3 is 0 Å². The highest BCUT2D eigenvalue weighted by Gasteiger charge is 2.48. The summed E-state index contributed by atoms with van der Waals surface area (Å²) in [5.41, 5.74) is -2.05. The van der Waals surface area contributed by atoms with Gasteiger partial charge in [-0.05, 0) is 56.2 Å². The van der Waals surface area contributed by atoms with Gasteiger partial charge in [-0.1, -0.05) is 13.8 Å². The molecule has 192 valence electrons. The fourth-order valence-corrected chi connectivity index (χ4v) is 4.86. The number of pyridine rings is 2. The van der Waals surface area contributed by atoms with Gasteiger partial charge < -0.3 is 25.3 Å². The standard InChI is InChI=1S/C26H34FN7O2/c1-15(2)18-11-30-23(34-13-20(35)16(34)3)19-12-29-22(10-17(18)19)31-21-6-8-28-24(32-21)33-9-7-26(5,36)25(4,27)14-33/h6,8,10-12,15-16,20,35-36H,7,9,13-14H2,1-5H3,(H,28,29,31,32)/t16-,20+,25-,26+/m1/s1. The zero-order valence-corrected chi connectivity index (χ0v) is 21.4. The minimum atomic E-state index is -1.78. The second-order valence-electron chi connectivity index (χ2n) is 10.8. The number of rotatable bonds is 5. The Kier molecular flexibility index (Phi) is 5.99. The van der Waals surface area contributed by atoms with Crippen LogP contribution in [0.2, 0.25) is 0 Å². The number of aromatic nitrogens is 4. The molecule has 9 nitrogen and oxygen atoms in total. The van der Waals surface area contributed by atoms with Crippen molar-refractivity contribution in [1.82, 2.24) is 19.9 Å². The molecule has 2 fully saturated rings. The smallest absolute Gasteiger partial charge is 0.227 e. The van der Waals surface area contributed by atoms with E-state index in [0.717, 1.165) is 22.2 Å². The van der Waals surface area contributed by atoms with E-state index in [4.69, 9.17) is 4.98 Å². The number of alkyl halides is 1. The average Bonchev–Trinajstić information content (AvgIpc) is 2.83. The largest absolute Gasteiger partial charge is 0.389 e. The zero-order valence-electron chi connectivity index (χ0n) is 21.4. The molecule has 3 aromatic rings. The number of halogens is 1. The van der Waals surface area contributed by atoms with Gasteiger partial charge in [-0.25, -0.2) is 19.3 Å². The molecular weight excluding hydrogens is 461 g/mol. The summed E-state index contributed by atoms with van der Waals surface area (Å²) in [4.78, 5) is 22.1. The summed E-state index contributed by atoms with van der Waals surface area (Å²) in [5, 5.41) is 25.6. The molecule has 10 heteroatoms. The van der Waals surface area contributed by atoms with Gasteiger partial charge in [0.05, 0.1) is 24.3 Å². The molecule has 0 aliphatic carbocycles. The van der Waals surface area contributed by atoms with E-state index in [1.807, 2.05) is 25.4 Å². The Bertz CT molecular complexity index is 1280. The number of β-amino-alcohol motifs (C(OH)–C–C–N with tert-alkyl or cyclic N) is 1. The molecule has 0 bridgehead atoms. The minimum Gasteiger partial charge on any atom is -0.389 e. The van der Waals surface area contributed by atoms with Gasteiger partial charge in [0.15, 0.2) is 5.67 Å². The molecule has 0 unspecified atom stereocenters. The van der Waals surface area contributed by atoms with Crippen molar-refractivity contribution in [2.24, 2.45) is 0 Å². The number of anilines is 4. The first-order valence-corrected chi connectivity index (χ1v) is 12.5. The van der Waals surface area contributed by atoms with Crippen molar-refractivity contribution in [2.45, 2.75) is 70.4 Å². The van der Waals surface area contributed by atoms with E-state index >= 15 is 4.39 Å². The molecule has 3 N–H and O–H groups in total. The fourth-order valence-electron chi connectivity index (χ4n) is 4.86. The van der Waals surface area contributed by atoms with Crippen LogP contribution in [0.3, 0.4) is 0 Å². The molecule has 0 spiro atoms. The predicted octanol–water partition coefficient (Wildman–Crippen LogP) is 3.55. The molecule has 0 radical (unpaired) electrons. The van der Waals surface area contributed by atoms with Crippen LogP contribution in [0.5, 0.6) is 0 Å². The van der Waals surface area contributed by atoms with Gasteiger partial charge in [0.2, 0.25) is 5.95 Å². The van der Waals surface area contributed by atoms with E-state index in [1.165, 1.54) is 13.8 Å². The number of aliphatic hydroxyl groups excluding tert-OH is 1. The molecule has 5 rings (SSSR count). The van der Waals surface area contributed by atoms with E-state index < -0.39 is 11.3 Å². The molecule has 0 aromatic carbocycles. The van der Waals surface area contributed by atoms with Gasteiger partial charge in [-0.2, -0.15) is 4.98 Å². The fraction of sp³-hybridized carbons (Fsp3) is 0.538. The second-order valence-corrected chi connectivity index (χ2v) is 10.8. The Balaban J connectivity index is 1.43. The van der Waals surface area contributed by atoms with Crippen molar-refractivity contribution in [1.29, 1.82) is 0 Å². The van der Waals surface area contributed by atoms with E-state index in [1.54, 1.807) is 17.2 Å². The summed E-state index contributed by atoms with van der Waals surface area (Å²) in [5.74, 6) is 2.66. The number of piperidine rings is 1. The van der Waals surface area contributed by atoms with Crippen LogP contribution in [-0.2, 0) is 0 Å². The second kappa shape index (κ2) is 8.77. The number of hydrogen-bond acceptors (Lipinski definition) is 9. The Morgan fingerprint density at radius 3 is 2.58 bits per heavy atom. The Morgan fingerprint density at radius 2 is 1.92 bits per heavy atom. The van der Waals surface area contributed by atoms with Gasteiger partial charge in [-0.3, -0.25) is 0 Å². The van der Waals surface area contributed by atoms with Gasteiger partial charge in [0.1, 0.15) is 17.5 Å². The lowest BCUT2D eigenvalue weighted by Gasteiger charge is -2.45. The molecule has 4 atom stereocenters. The highest BCUT2D eigenvalue weighted by Crippen LogP contribution is 2.37. The van der Waals surface area contributed by atoms with E-state index in [2.05, 4.69) is 39.0 Å². The quantitative estimate of drug-likeness (QED) is 0.489. The van der Waals surface area contributed by atoms with Crippen LogP contribution in [0.1, 0.15) is 52.5 Å². The first kappa shape index (κ1) is 24.6. The molecule has 2 saturated heterocycles. The maximum absolute atomic E-state index is 15.1. The third-order valence-corrected chi connectivity index (χ3v) is 7.77. The topological polar surface area (TPSA) is 111 Å². The number of fused-ring (bicyclic) bond motifs is 1. The summed E-state index contributed by atoms with van der Waals surface area (Å²) in [7, 11) is 0. The van der Waals surface area contributed by atoms with Crippen molar-refractivity contribution in [2.75, 3.05) is 34.8 Å². The summed E-state index contributed by atoms with van der Waals surface area (Å²) in [6.45, 7) is 10.2. The zero-order chi connectivity index (χ0) is 25.8. The monoisotopic (exact) mass is 495 g/mol. The number of hydrogen-bond donors (Lipinski definition) is 3. The van der Waals surface area contributed by atoms with Crippen LogP contribution in [-0.4, -0.2) is 73.2 Å². The van der Waals surface area contributed by atoms with Gasteiger partial charge in [0.25, 0.3) is 0 Å². The number of aliphatic hydroxyl groups is 2. The molecule has 0 amide bonds. The van der Waals surface area contributed by atoms with Crippen molar-refractivity contribution in [3.63, 3.8) is 0 Å². The highest BCUT2D eigenvalue weighted by molar-refractivity contribution is 5.96. The van der Waals surface area contributed by atoms with Gasteiger partial charge in [-0.15, -0.1) is 0 Å². The van der Waals surface area contributed by atoms with E-state index in [9.17, 15) is 10.2 Å². The van der Waals surface area contributed by atoms with Gasteiger partial charge in [0, 0.05) is 37.1 Å². The van der Waals surface area contributed by atoms with Crippen LogP contribution in [0, 0.1) is 0 Å². The Labute approximate surface area is 210 Å². The van der Waals surface area contributed by atoms with Crippen LogP contribution >= 0.6 is 0 Å². The summed E-state index contributed by atoms with van der Waals surface area (Å²) in [6, 6.07) is 3.75. The summed E-state index contributed by atoms with van der Waals surface area (Å²) >= 11 is 0. The highest BCUT2D eigenvalue weighted by atomic mass is 19.1. The average molecular weight is 496 g/mol. The van der Waals surface area contributed by atoms with E-state index in [0.29, 0.717) is 30.7 Å². The third-order valence-electron chi connectivity index (χ3n) is 7.77. The number of nitrogens with zero attached hydrogens (tertiary/aromatic N) is 6. The van der Waals surface area contributed by atoms with Crippen LogP contribution in [0.15, 0.2) is 30.7 Å². The van der Waals surface area contributed by atoms with Crippen LogP contribution in [0.4, 0.5) is 27.8 Å². The SMILES string of the molecule is CC(C)c1cnc(N2C[C@H](O)[C@H]2C)c2cnc(Nc3ccnc(N4CC[C@](C)(O)[C@](C)(F)C4)n3)cc12. The lowest BCUT2D eigenvalue weighted by molar-refractivity contribution is -0.0924. The normalized spacial score (nSPS) is 28.5. The first-order valence-electron chi connectivity index (χ1n) is 12.5. The van der Waals surface area contributed by atoms with Crippen molar-refractivity contribution in [3.8, 4) is 0 Å². The van der Waals surface area contributed by atoms with E-state index in [-0.39, 0.29) is 31.0 Å². The predicted molar refractivity (Wildman–Crippen MR) is 139 cm³/mol. The molecule has 0 saturated carbocycles. The minimum absolute atomic E-state index is 0.00695. The van der Waals surface area contributed by atoms with Crippen molar-refractivity contribution in [3.05, 3.63) is 36.3 Å². The lowest BCUT2D eigenvalue weighted by Crippen LogP contribution is -2.59.